The van der Waals surface area contributed by atoms with E-state index >= 15 is 0 Å². The van der Waals surface area contributed by atoms with Crippen LogP contribution in [0.25, 0.3) is 11.6 Å². The molecule has 0 saturated carbocycles. The van der Waals surface area contributed by atoms with Crippen molar-refractivity contribution in [1.29, 1.82) is 0 Å². The minimum atomic E-state index is -0.198. The Morgan fingerprint density at radius 2 is 2.19 bits per heavy atom. The van der Waals surface area contributed by atoms with E-state index in [0.29, 0.717) is 24.7 Å². The highest BCUT2D eigenvalue weighted by Crippen LogP contribution is 2.26. The standard InChI is InChI=1S/C18H19N5O3/c1-12-6-7-15(26-12)18-20-22-23(21-18)11-17(24)19-10-16-14-5-3-2-4-13(14)8-9-25-16/h2-7,16H,8-11H2,1H3,(H,19,24)/t16-/m1/s1. The Labute approximate surface area is 150 Å². The first kappa shape index (κ1) is 16.5. The number of hydrogen-bond donors (Lipinski definition) is 1. The summed E-state index contributed by atoms with van der Waals surface area (Å²) in [6.45, 7) is 2.90. The van der Waals surface area contributed by atoms with E-state index in [0.717, 1.165) is 17.7 Å². The van der Waals surface area contributed by atoms with Crippen molar-refractivity contribution in [2.45, 2.75) is 26.0 Å². The molecule has 1 N–H and O–H groups in total. The van der Waals surface area contributed by atoms with Crippen LogP contribution in [-0.2, 0) is 22.5 Å². The fraction of sp³-hybridized carbons (Fsp3) is 0.333. The number of hydrogen-bond acceptors (Lipinski definition) is 6. The molecule has 0 saturated heterocycles. The fourth-order valence-electron chi connectivity index (χ4n) is 3.00. The number of nitrogens with one attached hydrogen (secondary N) is 1. The molecule has 0 bridgehead atoms. The Morgan fingerprint density at radius 1 is 1.31 bits per heavy atom. The minimum absolute atomic E-state index is 0.0128. The molecule has 1 atom stereocenters. The third kappa shape index (κ3) is 3.50. The van der Waals surface area contributed by atoms with Gasteiger partial charge >= 0.3 is 0 Å². The number of nitrogens with zero attached hydrogens (tertiary/aromatic N) is 4. The van der Waals surface area contributed by atoms with Crippen molar-refractivity contribution in [2.75, 3.05) is 13.2 Å². The molecule has 26 heavy (non-hydrogen) atoms. The first-order valence-electron chi connectivity index (χ1n) is 8.50. The van der Waals surface area contributed by atoms with E-state index in [1.807, 2.05) is 31.2 Å². The lowest BCUT2D eigenvalue weighted by Crippen LogP contribution is -2.34. The van der Waals surface area contributed by atoms with Crippen LogP contribution < -0.4 is 5.32 Å². The van der Waals surface area contributed by atoms with Crippen molar-refractivity contribution in [2.24, 2.45) is 0 Å². The number of fused-ring (bicyclic) bond motifs is 1. The smallest absolute Gasteiger partial charge is 0.243 e. The van der Waals surface area contributed by atoms with Gasteiger partial charge in [-0.3, -0.25) is 4.79 Å². The number of ether oxygens (including phenoxy) is 1. The van der Waals surface area contributed by atoms with Crippen LogP contribution in [0.3, 0.4) is 0 Å². The normalized spacial score (nSPS) is 16.3. The van der Waals surface area contributed by atoms with Crippen LogP contribution in [0.2, 0.25) is 0 Å². The van der Waals surface area contributed by atoms with Crippen molar-refractivity contribution in [3.8, 4) is 11.6 Å². The van der Waals surface area contributed by atoms with Crippen molar-refractivity contribution in [3.05, 3.63) is 53.3 Å². The number of tetrazole rings is 1. The van der Waals surface area contributed by atoms with Crippen LogP contribution in [-0.4, -0.2) is 39.3 Å². The van der Waals surface area contributed by atoms with Crippen LogP contribution in [0.15, 0.2) is 40.8 Å². The molecular weight excluding hydrogens is 334 g/mol. The third-order valence-corrected chi connectivity index (χ3v) is 4.28. The highest BCUT2D eigenvalue weighted by Gasteiger charge is 2.21. The van der Waals surface area contributed by atoms with Crippen LogP contribution >= 0.6 is 0 Å². The molecule has 1 aromatic carbocycles. The molecule has 0 fully saturated rings. The van der Waals surface area contributed by atoms with E-state index in [1.165, 1.54) is 10.4 Å². The average Bonchev–Trinajstić information content (AvgIpc) is 3.29. The molecule has 1 aliphatic heterocycles. The molecule has 8 nitrogen and oxygen atoms in total. The SMILES string of the molecule is Cc1ccc(-c2nnn(CC(=O)NC[C@H]3OCCc4ccccc43)n2)o1. The van der Waals surface area contributed by atoms with E-state index in [2.05, 4.69) is 26.8 Å². The van der Waals surface area contributed by atoms with Crippen LogP contribution in [0, 0.1) is 6.92 Å². The third-order valence-electron chi connectivity index (χ3n) is 4.28. The number of carbonyl (C=O) groups excluding carboxylic acids is 1. The van der Waals surface area contributed by atoms with E-state index < -0.39 is 0 Å². The van der Waals surface area contributed by atoms with E-state index in [4.69, 9.17) is 9.15 Å². The van der Waals surface area contributed by atoms with Crippen LogP contribution in [0.4, 0.5) is 0 Å². The predicted molar refractivity (Wildman–Crippen MR) is 92.1 cm³/mol. The molecule has 1 amide bonds. The Hall–Kier alpha value is -3.00. The summed E-state index contributed by atoms with van der Waals surface area (Å²) in [6, 6.07) is 11.7. The van der Waals surface area contributed by atoms with Crippen LogP contribution in [0.1, 0.15) is 23.0 Å². The molecule has 0 aliphatic carbocycles. The lowest BCUT2D eigenvalue weighted by molar-refractivity contribution is -0.122. The van der Waals surface area contributed by atoms with Gasteiger partial charge in [-0.05, 0) is 41.8 Å². The summed E-state index contributed by atoms with van der Waals surface area (Å²) in [5, 5.41) is 14.9. The van der Waals surface area contributed by atoms with E-state index in [-0.39, 0.29) is 18.6 Å². The summed E-state index contributed by atoms with van der Waals surface area (Å²) in [5.41, 5.74) is 2.41. The highest BCUT2D eigenvalue weighted by atomic mass is 16.5. The summed E-state index contributed by atoms with van der Waals surface area (Å²) in [4.78, 5) is 13.4. The zero-order valence-corrected chi connectivity index (χ0v) is 14.4. The van der Waals surface area contributed by atoms with E-state index in [9.17, 15) is 4.79 Å². The van der Waals surface area contributed by atoms with Gasteiger partial charge in [-0.25, -0.2) is 0 Å². The number of aryl methyl sites for hydroxylation is 1. The number of furan rings is 1. The summed E-state index contributed by atoms with van der Waals surface area (Å²) in [5.74, 6) is 1.45. The predicted octanol–water partition coefficient (Wildman–Crippen LogP) is 1.67. The van der Waals surface area contributed by atoms with Gasteiger partial charge in [-0.2, -0.15) is 4.80 Å². The largest absolute Gasteiger partial charge is 0.458 e. The van der Waals surface area contributed by atoms with Gasteiger partial charge in [-0.15, -0.1) is 10.2 Å². The molecule has 2 aromatic heterocycles. The second-order valence-electron chi connectivity index (χ2n) is 6.17. The summed E-state index contributed by atoms with van der Waals surface area (Å²) < 4.78 is 11.2. The lowest BCUT2D eigenvalue weighted by Gasteiger charge is -2.26. The second-order valence-corrected chi connectivity index (χ2v) is 6.17. The number of rotatable bonds is 5. The van der Waals surface area contributed by atoms with Gasteiger partial charge in [0.2, 0.25) is 11.7 Å². The van der Waals surface area contributed by atoms with Crippen LogP contribution in [0.5, 0.6) is 0 Å². The number of amides is 1. The van der Waals surface area contributed by atoms with Gasteiger partial charge < -0.3 is 14.5 Å². The summed E-state index contributed by atoms with van der Waals surface area (Å²) in [7, 11) is 0. The highest BCUT2D eigenvalue weighted by molar-refractivity contribution is 5.75. The monoisotopic (exact) mass is 353 g/mol. The zero-order valence-electron chi connectivity index (χ0n) is 14.4. The van der Waals surface area contributed by atoms with Crippen molar-refractivity contribution >= 4 is 5.91 Å². The molecule has 134 valence electrons. The van der Waals surface area contributed by atoms with Crippen molar-refractivity contribution in [1.82, 2.24) is 25.5 Å². The Kier molecular flexibility index (Phi) is 4.49. The average molecular weight is 353 g/mol. The summed E-state index contributed by atoms with van der Waals surface area (Å²) >= 11 is 0. The maximum absolute atomic E-state index is 12.2. The maximum atomic E-state index is 12.2. The quantitative estimate of drug-likeness (QED) is 0.750. The van der Waals surface area contributed by atoms with Crippen molar-refractivity contribution in [3.63, 3.8) is 0 Å². The number of aromatic nitrogens is 4. The maximum Gasteiger partial charge on any atom is 0.243 e. The van der Waals surface area contributed by atoms with Gasteiger partial charge in [0.25, 0.3) is 0 Å². The first-order chi connectivity index (χ1) is 12.7. The first-order valence-corrected chi connectivity index (χ1v) is 8.50. The van der Waals surface area contributed by atoms with Gasteiger partial charge in [0, 0.05) is 6.54 Å². The fourth-order valence-corrected chi connectivity index (χ4v) is 3.00. The molecule has 0 unspecified atom stereocenters. The molecular formula is C18H19N5O3. The molecule has 0 radical (unpaired) electrons. The number of benzene rings is 1. The molecule has 0 spiro atoms. The molecule has 3 heterocycles. The van der Waals surface area contributed by atoms with Crippen molar-refractivity contribution < 1.29 is 13.9 Å². The van der Waals surface area contributed by atoms with Gasteiger partial charge in [0.05, 0.1) is 6.61 Å². The molecule has 4 rings (SSSR count). The second kappa shape index (κ2) is 7.09. The Bertz CT molecular complexity index is 917. The molecule has 1 aliphatic rings. The number of carbonyl (C=O) groups is 1. The zero-order chi connectivity index (χ0) is 17.9. The van der Waals surface area contributed by atoms with Gasteiger partial charge in [0.15, 0.2) is 5.76 Å². The molecule has 3 aromatic rings. The van der Waals surface area contributed by atoms with Gasteiger partial charge in [-0.1, -0.05) is 24.3 Å². The van der Waals surface area contributed by atoms with Gasteiger partial charge in [0.1, 0.15) is 18.4 Å². The molecule has 8 heteroatoms. The Morgan fingerprint density at radius 3 is 3.04 bits per heavy atom. The topological polar surface area (TPSA) is 95.1 Å². The summed E-state index contributed by atoms with van der Waals surface area (Å²) in [6.07, 6.45) is 0.771. The minimum Gasteiger partial charge on any atom is -0.458 e. The lowest BCUT2D eigenvalue weighted by atomic mass is 9.97. The Balaban J connectivity index is 1.34. The van der Waals surface area contributed by atoms with E-state index in [1.54, 1.807) is 6.07 Å².